The number of urea groups is 1. The minimum absolute atomic E-state index is 0.124. The number of nitrogens with one attached hydrogen (secondary N) is 2. The minimum atomic E-state index is -5.08. The van der Waals surface area contributed by atoms with Crippen LogP contribution in [0.5, 0.6) is 0 Å². The standard InChI is InChI=1S/C21H20N4O4.C2HF3O2/c22-14-16-6-9-17(10-7-16)25-13-12-18(20(25)27)23-21(28)24-29-19(26)11-8-15-4-2-1-3-5-15;3-2(4,5)1(6)7/h1-7,9-10,18H,8,11-13H2,(H2,23,24,28);(H,6,7)/t18-;/m0./s1. The summed E-state index contributed by atoms with van der Waals surface area (Å²) in [6, 6.07) is 16.6. The number of aryl methyl sites for hydroxylation is 1. The molecule has 1 heterocycles. The number of carboxylic acids is 1. The Balaban J connectivity index is 0.000000572. The highest BCUT2D eigenvalue weighted by molar-refractivity contribution is 6.01. The van der Waals surface area contributed by atoms with Gasteiger partial charge in [0.05, 0.1) is 18.1 Å². The predicted octanol–water partition coefficient (Wildman–Crippen LogP) is 2.69. The van der Waals surface area contributed by atoms with Gasteiger partial charge in [0.25, 0.3) is 0 Å². The van der Waals surface area contributed by atoms with Crippen LogP contribution < -0.4 is 15.7 Å². The summed E-state index contributed by atoms with van der Waals surface area (Å²) in [5, 5.41) is 18.5. The zero-order valence-electron chi connectivity index (χ0n) is 18.6. The Morgan fingerprint density at radius 2 is 1.72 bits per heavy atom. The smallest absolute Gasteiger partial charge is 0.475 e. The van der Waals surface area contributed by atoms with Crippen molar-refractivity contribution < 1.29 is 42.3 Å². The Bertz CT molecular complexity index is 1120. The van der Waals surface area contributed by atoms with Gasteiger partial charge in [-0.2, -0.15) is 23.9 Å². The molecular formula is C23H21F3N4O6. The van der Waals surface area contributed by atoms with Gasteiger partial charge in [0.1, 0.15) is 6.04 Å². The van der Waals surface area contributed by atoms with Gasteiger partial charge in [-0.15, -0.1) is 0 Å². The zero-order valence-corrected chi connectivity index (χ0v) is 18.6. The van der Waals surface area contributed by atoms with Crippen molar-refractivity contribution >= 4 is 29.6 Å². The van der Waals surface area contributed by atoms with E-state index in [2.05, 4.69) is 5.32 Å². The third kappa shape index (κ3) is 8.64. The highest BCUT2D eigenvalue weighted by Gasteiger charge is 2.38. The summed E-state index contributed by atoms with van der Waals surface area (Å²) in [4.78, 5) is 51.4. The molecule has 3 N–H and O–H groups in total. The van der Waals surface area contributed by atoms with Gasteiger partial charge in [0.2, 0.25) is 5.91 Å². The van der Waals surface area contributed by atoms with E-state index in [0.29, 0.717) is 30.6 Å². The number of hydrogen-bond donors (Lipinski definition) is 3. The summed E-state index contributed by atoms with van der Waals surface area (Å²) in [5.74, 6) is -3.59. The molecule has 1 aliphatic rings. The van der Waals surface area contributed by atoms with Crippen LogP contribution in [-0.4, -0.2) is 47.7 Å². The molecule has 3 amide bonds. The van der Waals surface area contributed by atoms with E-state index < -0.39 is 30.2 Å². The van der Waals surface area contributed by atoms with Crippen LogP contribution in [0.15, 0.2) is 54.6 Å². The molecule has 2 aromatic rings. The quantitative estimate of drug-likeness (QED) is 0.528. The molecular weight excluding hydrogens is 485 g/mol. The fourth-order valence-electron chi connectivity index (χ4n) is 3.02. The fraction of sp³-hybridized carbons (Fsp3) is 0.261. The molecule has 0 aromatic heterocycles. The van der Waals surface area contributed by atoms with E-state index in [1.54, 1.807) is 24.3 Å². The van der Waals surface area contributed by atoms with Crippen LogP contribution in [0.1, 0.15) is 24.0 Å². The highest BCUT2D eigenvalue weighted by atomic mass is 19.4. The first-order chi connectivity index (χ1) is 17.0. The summed E-state index contributed by atoms with van der Waals surface area (Å²) in [6.07, 6.45) is -4.03. The number of rotatable bonds is 5. The molecule has 1 saturated heterocycles. The van der Waals surface area contributed by atoms with Crippen LogP contribution in [0.25, 0.3) is 0 Å². The van der Waals surface area contributed by atoms with E-state index >= 15 is 0 Å². The lowest BCUT2D eigenvalue weighted by Crippen LogP contribution is -2.46. The maximum atomic E-state index is 12.5. The fourth-order valence-corrected chi connectivity index (χ4v) is 3.02. The number of halogens is 3. The number of amides is 3. The molecule has 2 aromatic carbocycles. The van der Waals surface area contributed by atoms with Gasteiger partial charge in [0.15, 0.2) is 0 Å². The van der Waals surface area contributed by atoms with Gasteiger partial charge in [-0.1, -0.05) is 30.3 Å². The average Bonchev–Trinajstić information content (AvgIpc) is 3.21. The lowest BCUT2D eigenvalue weighted by atomic mass is 10.1. The van der Waals surface area contributed by atoms with Crippen molar-refractivity contribution in [2.24, 2.45) is 0 Å². The van der Waals surface area contributed by atoms with Crippen molar-refractivity contribution in [3.8, 4) is 6.07 Å². The maximum absolute atomic E-state index is 12.5. The minimum Gasteiger partial charge on any atom is -0.475 e. The second-order valence-electron chi connectivity index (χ2n) is 7.33. The van der Waals surface area contributed by atoms with Crippen molar-refractivity contribution in [2.75, 3.05) is 11.4 Å². The summed E-state index contributed by atoms with van der Waals surface area (Å²) in [7, 11) is 0. The van der Waals surface area contributed by atoms with Gasteiger partial charge >= 0.3 is 24.1 Å². The molecule has 0 radical (unpaired) electrons. The Hall–Kier alpha value is -4.60. The molecule has 36 heavy (non-hydrogen) atoms. The molecule has 1 aliphatic heterocycles. The predicted molar refractivity (Wildman–Crippen MR) is 118 cm³/mol. The van der Waals surface area contributed by atoms with Gasteiger partial charge in [-0.05, 0) is 42.7 Å². The van der Waals surface area contributed by atoms with E-state index in [1.165, 1.54) is 4.90 Å². The van der Waals surface area contributed by atoms with Crippen molar-refractivity contribution in [1.29, 1.82) is 5.26 Å². The number of carboxylic acid groups (broad SMARTS) is 1. The van der Waals surface area contributed by atoms with Crippen molar-refractivity contribution in [3.05, 3.63) is 65.7 Å². The van der Waals surface area contributed by atoms with Crippen LogP contribution in [0.2, 0.25) is 0 Å². The first-order valence-corrected chi connectivity index (χ1v) is 10.4. The molecule has 3 rings (SSSR count). The van der Waals surface area contributed by atoms with E-state index in [4.69, 9.17) is 20.0 Å². The first-order valence-electron chi connectivity index (χ1n) is 10.4. The Morgan fingerprint density at radius 3 is 2.28 bits per heavy atom. The Morgan fingerprint density at radius 1 is 1.11 bits per heavy atom. The van der Waals surface area contributed by atoms with Crippen molar-refractivity contribution in [1.82, 2.24) is 10.8 Å². The van der Waals surface area contributed by atoms with E-state index in [1.807, 2.05) is 41.9 Å². The van der Waals surface area contributed by atoms with E-state index in [-0.39, 0.29) is 12.3 Å². The zero-order chi connectivity index (χ0) is 26.7. The third-order valence-corrected chi connectivity index (χ3v) is 4.78. The summed E-state index contributed by atoms with van der Waals surface area (Å²) < 4.78 is 31.7. The second-order valence-corrected chi connectivity index (χ2v) is 7.33. The number of hydrogen-bond acceptors (Lipinski definition) is 6. The van der Waals surface area contributed by atoms with Crippen LogP contribution >= 0.6 is 0 Å². The van der Waals surface area contributed by atoms with Gasteiger partial charge in [-0.25, -0.2) is 14.4 Å². The lowest BCUT2D eigenvalue weighted by molar-refractivity contribution is -0.192. The van der Waals surface area contributed by atoms with Gasteiger partial charge in [-0.3, -0.25) is 4.79 Å². The molecule has 10 nitrogen and oxygen atoms in total. The molecule has 0 bridgehead atoms. The van der Waals surface area contributed by atoms with Crippen LogP contribution in [0, 0.1) is 11.3 Å². The molecule has 0 saturated carbocycles. The molecule has 13 heteroatoms. The number of nitrogens with zero attached hydrogens (tertiary/aromatic N) is 2. The maximum Gasteiger partial charge on any atom is 0.490 e. The van der Waals surface area contributed by atoms with E-state index in [9.17, 15) is 27.6 Å². The highest BCUT2D eigenvalue weighted by Crippen LogP contribution is 2.22. The number of carbonyl (C=O) groups excluding carboxylic acids is 3. The molecule has 190 valence electrons. The largest absolute Gasteiger partial charge is 0.490 e. The molecule has 0 unspecified atom stereocenters. The second kappa shape index (κ2) is 12.7. The number of nitriles is 1. The van der Waals surface area contributed by atoms with Gasteiger partial charge in [0, 0.05) is 12.2 Å². The van der Waals surface area contributed by atoms with Crippen LogP contribution in [0.3, 0.4) is 0 Å². The Labute approximate surface area is 203 Å². The topological polar surface area (TPSA) is 149 Å². The summed E-state index contributed by atoms with van der Waals surface area (Å²) in [6.45, 7) is 0.437. The average molecular weight is 506 g/mol. The number of hydroxylamine groups is 1. The summed E-state index contributed by atoms with van der Waals surface area (Å²) in [5.41, 5.74) is 4.18. The molecule has 0 spiro atoms. The molecule has 0 aliphatic carbocycles. The van der Waals surface area contributed by atoms with Crippen LogP contribution in [-0.2, 0) is 25.6 Å². The normalized spacial score (nSPS) is 14.7. The van der Waals surface area contributed by atoms with Crippen molar-refractivity contribution in [3.63, 3.8) is 0 Å². The lowest BCUT2D eigenvalue weighted by Gasteiger charge is -2.17. The SMILES string of the molecule is N#Cc1ccc(N2CC[C@H](NC(=O)NOC(=O)CCc3ccccc3)C2=O)cc1.O=C(O)C(F)(F)F. The summed E-state index contributed by atoms with van der Waals surface area (Å²) >= 11 is 0. The third-order valence-electron chi connectivity index (χ3n) is 4.78. The molecule has 1 atom stereocenters. The first kappa shape index (κ1) is 27.6. The molecule has 1 fully saturated rings. The number of benzene rings is 2. The monoisotopic (exact) mass is 506 g/mol. The number of carbonyl (C=O) groups is 4. The van der Waals surface area contributed by atoms with Gasteiger partial charge < -0.3 is 20.2 Å². The number of aliphatic carboxylic acids is 1. The number of alkyl halides is 3. The van der Waals surface area contributed by atoms with Crippen LogP contribution in [0.4, 0.5) is 23.7 Å². The number of anilines is 1. The van der Waals surface area contributed by atoms with E-state index in [0.717, 1.165) is 5.56 Å². The van der Waals surface area contributed by atoms with Crippen molar-refractivity contribution in [2.45, 2.75) is 31.5 Å². The Kier molecular flexibility index (Phi) is 9.79.